The van der Waals surface area contributed by atoms with Crippen LogP contribution in [0, 0.1) is 0 Å². The summed E-state index contributed by atoms with van der Waals surface area (Å²) in [6.45, 7) is 0.653. The van der Waals surface area contributed by atoms with Gasteiger partial charge in [-0.05, 0) is 30.7 Å². The second-order valence-corrected chi connectivity index (χ2v) is 9.97. The number of hydrogen-bond donors (Lipinski definition) is 1. The molecule has 0 radical (unpaired) electrons. The van der Waals surface area contributed by atoms with Gasteiger partial charge in [0.2, 0.25) is 10.0 Å². The first-order valence-electron chi connectivity index (χ1n) is 7.89. The van der Waals surface area contributed by atoms with Crippen LogP contribution in [0.5, 0.6) is 0 Å². The van der Waals surface area contributed by atoms with E-state index < -0.39 is 19.9 Å². The Balaban J connectivity index is 1.83. The maximum atomic E-state index is 12.9. The van der Waals surface area contributed by atoms with Gasteiger partial charge in [0.15, 0.2) is 9.84 Å². The quantitative estimate of drug-likeness (QED) is 0.857. The zero-order valence-corrected chi connectivity index (χ0v) is 15.4. The summed E-state index contributed by atoms with van der Waals surface area (Å²) < 4.78 is 51.1. The van der Waals surface area contributed by atoms with Crippen molar-refractivity contribution in [3.8, 4) is 0 Å². The summed E-state index contributed by atoms with van der Waals surface area (Å²) in [5, 5.41) is 3.31. The lowest BCUT2D eigenvalue weighted by molar-refractivity contribution is 0.472. The average Bonchev–Trinajstić information content (AvgIpc) is 3.04. The SMILES string of the molecule is CS(=O)(=O)c1ccccc1S(=O)(=O)N1CC[C@H](Nc2ccccc2)C1. The highest BCUT2D eigenvalue weighted by Gasteiger charge is 2.35. The van der Waals surface area contributed by atoms with Crippen LogP contribution in [-0.4, -0.2) is 46.5 Å². The number of anilines is 1. The normalized spacial score (nSPS) is 19.0. The van der Waals surface area contributed by atoms with E-state index in [1.165, 1.54) is 28.6 Å². The van der Waals surface area contributed by atoms with E-state index in [9.17, 15) is 16.8 Å². The summed E-state index contributed by atoms with van der Waals surface area (Å²) in [6, 6.07) is 15.3. The van der Waals surface area contributed by atoms with Crippen LogP contribution in [0.25, 0.3) is 0 Å². The van der Waals surface area contributed by atoms with Crippen LogP contribution >= 0.6 is 0 Å². The molecule has 8 heteroatoms. The number of para-hydroxylation sites is 1. The number of rotatable bonds is 5. The van der Waals surface area contributed by atoms with E-state index in [-0.39, 0.29) is 15.8 Å². The Labute approximate surface area is 148 Å². The molecule has 0 saturated carbocycles. The van der Waals surface area contributed by atoms with Crippen LogP contribution in [0.4, 0.5) is 5.69 Å². The highest BCUT2D eigenvalue weighted by atomic mass is 32.2. The summed E-state index contributed by atoms with van der Waals surface area (Å²) in [5.41, 5.74) is 0.934. The molecular weight excluding hydrogens is 360 g/mol. The maximum Gasteiger partial charge on any atom is 0.244 e. The van der Waals surface area contributed by atoms with Crippen molar-refractivity contribution in [2.24, 2.45) is 0 Å². The Bertz CT molecular complexity index is 957. The Kier molecular flexibility index (Phi) is 4.86. The highest BCUT2D eigenvalue weighted by molar-refractivity contribution is 7.93. The van der Waals surface area contributed by atoms with Crippen molar-refractivity contribution in [1.29, 1.82) is 0 Å². The minimum absolute atomic E-state index is 0.0115. The molecule has 1 aliphatic heterocycles. The monoisotopic (exact) mass is 380 g/mol. The molecule has 134 valence electrons. The first kappa shape index (κ1) is 17.9. The van der Waals surface area contributed by atoms with Gasteiger partial charge in [0.05, 0.1) is 4.90 Å². The molecule has 1 saturated heterocycles. The fourth-order valence-electron chi connectivity index (χ4n) is 2.94. The fourth-order valence-corrected chi connectivity index (χ4v) is 6.05. The van der Waals surface area contributed by atoms with E-state index in [0.29, 0.717) is 19.5 Å². The third kappa shape index (κ3) is 3.86. The molecule has 6 nitrogen and oxygen atoms in total. The van der Waals surface area contributed by atoms with Gasteiger partial charge in [-0.1, -0.05) is 30.3 Å². The minimum atomic E-state index is -3.86. The minimum Gasteiger partial charge on any atom is -0.381 e. The lowest BCUT2D eigenvalue weighted by atomic mass is 10.2. The molecule has 1 aliphatic rings. The largest absolute Gasteiger partial charge is 0.381 e. The van der Waals surface area contributed by atoms with Crippen molar-refractivity contribution >= 4 is 25.5 Å². The first-order chi connectivity index (χ1) is 11.8. The van der Waals surface area contributed by atoms with Gasteiger partial charge in [0, 0.05) is 31.1 Å². The van der Waals surface area contributed by atoms with Crippen molar-refractivity contribution in [3.05, 3.63) is 54.6 Å². The Morgan fingerprint density at radius 1 is 0.920 bits per heavy atom. The molecule has 1 fully saturated rings. The molecule has 0 unspecified atom stereocenters. The van der Waals surface area contributed by atoms with Crippen LogP contribution in [0.15, 0.2) is 64.4 Å². The number of benzene rings is 2. The second-order valence-electron chi connectivity index (χ2n) is 6.08. The second kappa shape index (κ2) is 6.78. The summed E-state index contributed by atoms with van der Waals surface area (Å²) in [6.07, 6.45) is 1.68. The summed E-state index contributed by atoms with van der Waals surface area (Å²) in [5.74, 6) is 0. The number of sulfonamides is 1. The van der Waals surface area contributed by atoms with Gasteiger partial charge >= 0.3 is 0 Å². The van der Waals surface area contributed by atoms with E-state index in [4.69, 9.17) is 0 Å². The highest BCUT2D eigenvalue weighted by Crippen LogP contribution is 2.27. The van der Waals surface area contributed by atoms with Crippen molar-refractivity contribution in [2.75, 3.05) is 24.7 Å². The molecule has 1 heterocycles. The Morgan fingerprint density at radius 2 is 1.52 bits per heavy atom. The van der Waals surface area contributed by atoms with Gasteiger partial charge in [-0.3, -0.25) is 0 Å². The first-order valence-corrected chi connectivity index (χ1v) is 11.2. The van der Waals surface area contributed by atoms with Gasteiger partial charge in [-0.2, -0.15) is 4.31 Å². The number of nitrogens with one attached hydrogen (secondary N) is 1. The summed E-state index contributed by atoms with van der Waals surface area (Å²) >= 11 is 0. The zero-order chi connectivity index (χ0) is 18.1. The van der Waals surface area contributed by atoms with Crippen LogP contribution in [0.1, 0.15) is 6.42 Å². The molecule has 1 N–H and O–H groups in total. The van der Waals surface area contributed by atoms with E-state index in [1.54, 1.807) is 0 Å². The van der Waals surface area contributed by atoms with E-state index in [1.807, 2.05) is 30.3 Å². The van der Waals surface area contributed by atoms with Gasteiger partial charge < -0.3 is 5.32 Å². The molecule has 2 aromatic carbocycles. The molecule has 1 atom stereocenters. The lowest BCUT2D eigenvalue weighted by Gasteiger charge is -2.19. The van der Waals surface area contributed by atoms with Crippen LogP contribution < -0.4 is 5.32 Å². The van der Waals surface area contributed by atoms with Crippen LogP contribution in [0.3, 0.4) is 0 Å². The molecular formula is C17H20N2O4S2. The summed E-state index contributed by atoms with van der Waals surface area (Å²) in [7, 11) is -7.49. The third-order valence-electron chi connectivity index (χ3n) is 4.16. The predicted octanol–water partition coefficient (Wildman–Crippen LogP) is 1.97. The Morgan fingerprint density at radius 3 is 2.16 bits per heavy atom. The van der Waals surface area contributed by atoms with Gasteiger partial charge in [0.1, 0.15) is 4.90 Å². The molecule has 3 rings (SSSR count). The predicted molar refractivity (Wildman–Crippen MR) is 96.8 cm³/mol. The van der Waals surface area contributed by atoms with Crippen molar-refractivity contribution < 1.29 is 16.8 Å². The Hall–Kier alpha value is -1.90. The van der Waals surface area contributed by atoms with Gasteiger partial charge in [-0.15, -0.1) is 0 Å². The number of hydrogen-bond acceptors (Lipinski definition) is 5. The van der Waals surface area contributed by atoms with Gasteiger partial charge in [-0.25, -0.2) is 16.8 Å². The molecule has 0 bridgehead atoms. The maximum absolute atomic E-state index is 12.9. The van der Waals surface area contributed by atoms with Crippen molar-refractivity contribution in [3.63, 3.8) is 0 Å². The molecule has 0 aromatic heterocycles. The van der Waals surface area contributed by atoms with E-state index in [0.717, 1.165) is 11.9 Å². The lowest BCUT2D eigenvalue weighted by Crippen LogP contribution is -2.32. The van der Waals surface area contributed by atoms with Crippen molar-refractivity contribution in [1.82, 2.24) is 4.31 Å². The number of nitrogens with zero attached hydrogens (tertiary/aromatic N) is 1. The van der Waals surface area contributed by atoms with Crippen LogP contribution in [0.2, 0.25) is 0 Å². The van der Waals surface area contributed by atoms with Crippen LogP contribution in [-0.2, 0) is 19.9 Å². The van der Waals surface area contributed by atoms with Gasteiger partial charge in [0.25, 0.3) is 0 Å². The zero-order valence-electron chi connectivity index (χ0n) is 13.8. The van der Waals surface area contributed by atoms with Crippen molar-refractivity contribution in [2.45, 2.75) is 22.3 Å². The van der Waals surface area contributed by atoms with E-state index in [2.05, 4.69) is 5.32 Å². The standard InChI is InChI=1S/C17H20N2O4S2/c1-24(20,21)16-9-5-6-10-17(16)25(22,23)19-12-11-15(13-19)18-14-7-3-2-4-8-14/h2-10,15,18H,11-13H2,1H3/t15-/m0/s1. The topological polar surface area (TPSA) is 83.5 Å². The summed E-state index contributed by atoms with van der Waals surface area (Å²) in [4.78, 5) is -0.313. The number of sulfone groups is 1. The van der Waals surface area contributed by atoms with E-state index >= 15 is 0 Å². The molecule has 2 aromatic rings. The smallest absolute Gasteiger partial charge is 0.244 e. The average molecular weight is 380 g/mol. The molecule has 25 heavy (non-hydrogen) atoms. The molecule has 0 amide bonds. The molecule has 0 aliphatic carbocycles. The molecule has 0 spiro atoms. The fraction of sp³-hybridized carbons (Fsp3) is 0.294. The third-order valence-corrected chi connectivity index (χ3v) is 7.37.